The lowest BCUT2D eigenvalue weighted by Gasteiger charge is -1.96. The van der Waals surface area contributed by atoms with Gasteiger partial charge in [-0.25, -0.2) is 0 Å². The molecule has 1 rings (SSSR count). The van der Waals surface area contributed by atoms with Gasteiger partial charge in [0.05, 0.1) is 0 Å². The second kappa shape index (κ2) is 4.50. The van der Waals surface area contributed by atoms with Crippen LogP contribution in [0.2, 0.25) is 10.0 Å². The lowest BCUT2D eigenvalue weighted by molar-refractivity contribution is -0.402. The third-order valence-corrected chi connectivity index (χ3v) is 2.26. The lowest BCUT2D eigenvalue weighted by Crippen LogP contribution is -1.97. The Morgan fingerprint density at radius 1 is 1.53 bits per heavy atom. The SMILES string of the molecule is CC(=O)OCc1oc([N+](=O)[O-])c(Cl)c1Cl. The highest BCUT2D eigenvalue weighted by molar-refractivity contribution is 6.43. The summed E-state index contributed by atoms with van der Waals surface area (Å²) in [6.45, 7) is 0.897. The zero-order chi connectivity index (χ0) is 11.6. The van der Waals surface area contributed by atoms with E-state index in [1.165, 1.54) is 6.92 Å². The van der Waals surface area contributed by atoms with Gasteiger partial charge in [-0.05, 0) is 0 Å². The van der Waals surface area contributed by atoms with E-state index in [1.807, 2.05) is 0 Å². The highest BCUT2D eigenvalue weighted by Crippen LogP contribution is 2.37. The van der Waals surface area contributed by atoms with Crippen LogP contribution in [0.25, 0.3) is 0 Å². The molecule has 0 aromatic carbocycles. The van der Waals surface area contributed by atoms with Crippen molar-refractivity contribution in [3.8, 4) is 0 Å². The minimum atomic E-state index is -0.814. The second-order valence-electron chi connectivity index (χ2n) is 2.50. The van der Waals surface area contributed by atoms with Gasteiger partial charge in [0, 0.05) is 6.92 Å². The third kappa shape index (κ3) is 2.60. The first kappa shape index (κ1) is 11.8. The van der Waals surface area contributed by atoms with Crippen LogP contribution in [-0.2, 0) is 16.1 Å². The highest BCUT2D eigenvalue weighted by atomic mass is 35.5. The molecule has 0 spiro atoms. The van der Waals surface area contributed by atoms with Crippen LogP contribution in [0.5, 0.6) is 0 Å². The van der Waals surface area contributed by atoms with Gasteiger partial charge < -0.3 is 9.15 Å². The highest BCUT2D eigenvalue weighted by Gasteiger charge is 2.26. The molecule has 0 aliphatic carbocycles. The van der Waals surface area contributed by atoms with Gasteiger partial charge in [-0.15, -0.1) is 0 Å². The van der Waals surface area contributed by atoms with E-state index < -0.39 is 16.8 Å². The number of furan rings is 1. The molecule has 1 heterocycles. The molecule has 0 fully saturated rings. The zero-order valence-corrected chi connectivity index (χ0v) is 8.96. The smallest absolute Gasteiger partial charge is 0.453 e. The van der Waals surface area contributed by atoms with Crippen molar-refractivity contribution in [3.05, 3.63) is 25.9 Å². The molecule has 15 heavy (non-hydrogen) atoms. The van der Waals surface area contributed by atoms with Gasteiger partial charge in [-0.3, -0.25) is 14.9 Å². The molecule has 1 aromatic heterocycles. The van der Waals surface area contributed by atoms with Gasteiger partial charge in [-0.1, -0.05) is 23.2 Å². The molecule has 82 valence electrons. The molecule has 8 heteroatoms. The van der Waals surface area contributed by atoms with Crippen molar-refractivity contribution >= 4 is 35.1 Å². The summed E-state index contributed by atoms with van der Waals surface area (Å²) in [6.07, 6.45) is 0. The summed E-state index contributed by atoms with van der Waals surface area (Å²) in [5.41, 5.74) is 0. The fourth-order valence-corrected chi connectivity index (χ4v) is 1.19. The Morgan fingerprint density at radius 3 is 2.53 bits per heavy atom. The van der Waals surface area contributed by atoms with Gasteiger partial charge in [-0.2, -0.15) is 0 Å². The van der Waals surface area contributed by atoms with E-state index in [9.17, 15) is 14.9 Å². The van der Waals surface area contributed by atoms with Crippen LogP contribution < -0.4 is 0 Å². The molecule has 1 aromatic rings. The molecule has 0 unspecified atom stereocenters. The molecule has 0 N–H and O–H groups in total. The number of rotatable bonds is 3. The van der Waals surface area contributed by atoms with Gasteiger partial charge in [0.1, 0.15) is 9.95 Å². The Hall–Kier alpha value is -1.27. The van der Waals surface area contributed by atoms with Crippen LogP contribution in [-0.4, -0.2) is 10.9 Å². The summed E-state index contributed by atoms with van der Waals surface area (Å²) in [5, 5.41) is 9.96. The zero-order valence-electron chi connectivity index (χ0n) is 7.45. The number of carbonyl (C=O) groups is 1. The molecule has 0 amide bonds. The Bertz CT molecular complexity index is 414. The average Bonchev–Trinajstić information content (AvgIpc) is 2.41. The molecule has 0 bridgehead atoms. The summed E-state index contributed by atoms with van der Waals surface area (Å²) >= 11 is 11.1. The predicted octanol–water partition coefficient (Wildman–Crippen LogP) is 2.56. The Labute approximate surface area is 93.9 Å². The number of hydrogen-bond donors (Lipinski definition) is 0. The summed E-state index contributed by atoms with van der Waals surface area (Å²) in [6, 6.07) is 0. The van der Waals surface area contributed by atoms with E-state index in [0.717, 1.165) is 0 Å². The molecule has 0 aliphatic rings. The Balaban J connectivity index is 2.95. The molecule has 0 saturated carbocycles. The van der Waals surface area contributed by atoms with E-state index in [0.29, 0.717) is 0 Å². The summed E-state index contributed by atoms with van der Waals surface area (Å²) in [5.74, 6) is -1.27. The van der Waals surface area contributed by atoms with Crippen molar-refractivity contribution in [2.24, 2.45) is 0 Å². The van der Waals surface area contributed by atoms with Crippen LogP contribution in [0, 0.1) is 10.1 Å². The van der Waals surface area contributed by atoms with Crippen molar-refractivity contribution in [1.82, 2.24) is 0 Å². The van der Waals surface area contributed by atoms with Crippen LogP contribution in [0.4, 0.5) is 5.88 Å². The number of carbonyl (C=O) groups excluding carboxylic acids is 1. The first-order valence-electron chi connectivity index (χ1n) is 3.68. The maximum Gasteiger partial charge on any atom is 0.453 e. The summed E-state index contributed by atoms with van der Waals surface area (Å²) < 4.78 is 9.28. The molecular weight excluding hydrogens is 249 g/mol. The monoisotopic (exact) mass is 253 g/mol. The van der Waals surface area contributed by atoms with Crippen LogP contribution in [0.1, 0.15) is 12.7 Å². The van der Waals surface area contributed by atoms with E-state index in [2.05, 4.69) is 4.74 Å². The maximum absolute atomic E-state index is 10.5. The Kier molecular flexibility index (Phi) is 3.54. The van der Waals surface area contributed by atoms with E-state index in [-0.39, 0.29) is 22.4 Å². The molecule has 0 aliphatic heterocycles. The first-order valence-corrected chi connectivity index (χ1v) is 4.43. The van der Waals surface area contributed by atoms with E-state index in [4.69, 9.17) is 27.6 Å². The van der Waals surface area contributed by atoms with E-state index in [1.54, 1.807) is 0 Å². The van der Waals surface area contributed by atoms with Crippen molar-refractivity contribution in [1.29, 1.82) is 0 Å². The maximum atomic E-state index is 10.5. The molecule has 0 saturated heterocycles. The number of hydrogen-bond acceptors (Lipinski definition) is 5. The standard InChI is InChI=1S/C7H5Cl2NO5/c1-3(11)14-2-4-5(8)6(9)7(15-4)10(12)13/h2H2,1H3. The minimum Gasteiger partial charge on any atom is -0.458 e. The quantitative estimate of drug-likeness (QED) is 0.470. The van der Waals surface area contributed by atoms with E-state index >= 15 is 0 Å². The van der Waals surface area contributed by atoms with Gasteiger partial charge in [0.2, 0.25) is 0 Å². The minimum absolute atomic E-state index is 0.0523. The normalized spacial score (nSPS) is 10.1. The summed E-state index contributed by atoms with van der Waals surface area (Å²) in [4.78, 5) is 20.1. The lowest BCUT2D eigenvalue weighted by atomic mass is 10.4. The fourth-order valence-electron chi connectivity index (χ4n) is 0.800. The van der Waals surface area contributed by atoms with Crippen molar-refractivity contribution < 1.29 is 18.9 Å². The third-order valence-electron chi connectivity index (χ3n) is 1.42. The number of ether oxygens (including phenoxy) is 1. The van der Waals surface area contributed by atoms with Gasteiger partial charge in [0.25, 0.3) is 0 Å². The van der Waals surface area contributed by atoms with Crippen molar-refractivity contribution in [2.75, 3.05) is 0 Å². The molecule has 0 radical (unpaired) electrons. The first-order chi connectivity index (χ1) is 6.93. The largest absolute Gasteiger partial charge is 0.458 e. The number of esters is 1. The number of nitro groups is 1. The predicted molar refractivity (Wildman–Crippen MR) is 50.9 cm³/mol. The number of nitrogens with zero attached hydrogens (tertiary/aromatic N) is 1. The Morgan fingerprint density at radius 2 is 2.13 bits per heavy atom. The van der Waals surface area contributed by atoms with Crippen LogP contribution >= 0.6 is 23.2 Å². The van der Waals surface area contributed by atoms with Gasteiger partial charge >= 0.3 is 11.9 Å². The fraction of sp³-hybridized carbons (Fsp3) is 0.286. The van der Waals surface area contributed by atoms with Gasteiger partial charge in [0.15, 0.2) is 17.4 Å². The summed E-state index contributed by atoms with van der Waals surface area (Å²) in [7, 11) is 0. The average molecular weight is 254 g/mol. The van der Waals surface area contributed by atoms with Crippen LogP contribution in [0.3, 0.4) is 0 Å². The van der Waals surface area contributed by atoms with Crippen molar-refractivity contribution in [3.63, 3.8) is 0 Å². The molecule has 0 atom stereocenters. The van der Waals surface area contributed by atoms with Crippen LogP contribution in [0.15, 0.2) is 4.42 Å². The molecular formula is C7H5Cl2NO5. The second-order valence-corrected chi connectivity index (χ2v) is 3.25. The van der Waals surface area contributed by atoms with Crippen molar-refractivity contribution in [2.45, 2.75) is 13.5 Å². The molecule has 6 nitrogen and oxygen atoms in total. The topological polar surface area (TPSA) is 82.6 Å². The number of halogens is 2.